The highest BCUT2D eigenvalue weighted by Gasteiger charge is 2.42. The number of para-hydroxylation sites is 1. The van der Waals surface area contributed by atoms with E-state index in [1.807, 2.05) is 19.0 Å². The molecule has 1 aliphatic heterocycles. The van der Waals surface area contributed by atoms with E-state index in [9.17, 15) is 14.0 Å². The fourth-order valence-corrected chi connectivity index (χ4v) is 3.53. The van der Waals surface area contributed by atoms with E-state index in [2.05, 4.69) is 0 Å². The van der Waals surface area contributed by atoms with E-state index < -0.39 is 11.9 Å². The lowest BCUT2D eigenvalue weighted by Crippen LogP contribution is -2.35. The first-order chi connectivity index (χ1) is 13.0. The Labute approximate surface area is 155 Å². The van der Waals surface area contributed by atoms with E-state index in [1.54, 1.807) is 41.3 Å². The van der Waals surface area contributed by atoms with Crippen LogP contribution in [0, 0.1) is 5.82 Å². The second-order valence-corrected chi connectivity index (χ2v) is 6.93. The number of carbonyl (C=O) groups is 1. The van der Waals surface area contributed by atoms with Gasteiger partial charge in [-0.05, 0) is 43.9 Å². The van der Waals surface area contributed by atoms with Gasteiger partial charge in [-0.15, -0.1) is 0 Å². The number of amides is 1. The largest absolute Gasteiger partial charge is 0.450 e. The molecule has 138 valence electrons. The molecule has 0 unspecified atom stereocenters. The number of hydrogen-bond donors (Lipinski definition) is 0. The third-order valence-corrected chi connectivity index (χ3v) is 4.83. The van der Waals surface area contributed by atoms with E-state index in [0.717, 1.165) is 0 Å². The molecule has 0 saturated carbocycles. The van der Waals surface area contributed by atoms with Crippen molar-refractivity contribution < 1.29 is 13.6 Å². The van der Waals surface area contributed by atoms with Crippen molar-refractivity contribution in [3.8, 4) is 0 Å². The maximum Gasteiger partial charge on any atom is 0.290 e. The Morgan fingerprint density at radius 1 is 1.11 bits per heavy atom. The van der Waals surface area contributed by atoms with Crippen LogP contribution in [-0.4, -0.2) is 42.9 Å². The normalized spacial score (nSPS) is 16.4. The zero-order chi connectivity index (χ0) is 19.1. The van der Waals surface area contributed by atoms with Gasteiger partial charge in [-0.1, -0.05) is 24.3 Å². The maximum atomic E-state index is 13.9. The summed E-state index contributed by atoms with van der Waals surface area (Å²) in [5.74, 6) is -0.707. The second-order valence-electron chi connectivity index (χ2n) is 6.93. The molecular weight excluding hydrogens is 347 g/mol. The van der Waals surface area contributed by atoms with Gasteiger partial charge in [0.2, 0.25) is 5.76 Å². The molecule has 0 radical (unpaired) electrons. The first-order valence-electron chi connectivity index (χ1n) is 8.74. The lowest BCUT2D eigenvalue weighted by molar-refractivity contribution is 0.0716. The van der Waals surface area contributed by atoms with Gasteiger partial charge in [0.1, 0.15) is 11.4 Å². The number of hydrogen-bond acceptors (Lipinski definition) is 4. The summed E-state index contributed by atoms with van der Waals surface area (Å²) in [5.41, 5.74) is 0.968. The molecule has 0 fully saturated rings. The van der Waals surface area contributed by atoms with Crippen LogP contribution in [-0.2, 0) is 0 Å². The molecular formula is C21H19FN2O3. The molecule has 1 amide bonds. The summed E-state index contributed by atoms with van der Waals surface area (Å²) in [6.07, 6.45) is 0. The van der Waals surface area contributed by atoms with Crippen molar-refractivity contribution in [2.45, 2.75) is 6.04 Å². The fourth-order valence-electron chi connectivity index (χ4n) is 3.53. The smallest absolute Gasteiger partial charge is 0.290 e. The SMILES string of the molecule is CN(C)CCN1C(=O)c2oc3ccccc3c(=O)c2[C@@H]1c1cccc(F)c1. The summed E-state index contributed by atoms with van der Waals surface area (Å²) in [5, 5.41) is 0.417. The average molecular weight is 366 g/mol. The molecule has 0 saturated heterocycles. The topological polar surface area (TPSA) is 53.8 Å². The molecule has 2 aromatic carbocycles. The van der Waals surface area contributed by atoms with Crippen LogP contribution in [0.3, 0.4) is 0 Å². The van der Waals surface area contributed by atoms with Gasteiger partial charge < -0.3 is 14.2 Å². The highest BCUT2D eigenvalue weighted by molar-refractivity contribution is 5.99. The Kier molecular flexibility index (Phi) is 4.28. The lowest BCUT2D eigenvalue weighted by atomic mass is 9.98. The van der Waals surface area contributed by atoms with E-state index in [-0.39, 0.29) is 22.7 Å². The van der Waals surface area contributed by atoms with Gasteiger partial charge in [0.25, 0.3) is 5.91 Å². The van der Waals surface area contributed by atoms with Gasteiger partial charge in [-0.25, -0.2) is 4.39 Å². The zero-order valence-corrected chi connectivity index (χ0v) is 15.1. The van der Waals surface area contributed by atoms with Gasteiger partial charge >= 0.3 is 0 Å². The first-order valence-corrected chi connectivity index (χ1v) is 8.74. The number of rotatable bonds is 4. The van der Waals surface area contributed by atoms with Gasteiger partial charge in [-0.2, -0.15) is 0 Å². The predicted octanol–water partition coefficient (Wildman–Crippen LogP) is 3.04. The second kappa shape index (κ2) is 6.63. The van der Waals surface area contributed by atoms with Crippen molar-refractivity contribution in [3.05, 3.63) is 81.5 Å². The van der Waals surface area contributed by atoms with E-state index in [1.165, 1.54) is 12.1 Å². The van der Waals surface area contributed by atoms with Crippen LogP contribution < -0.4 is 5.43 Å². The van der Waals surface area contributed by atoms with Crippen molar-refractivity contribution in [2.24, 2.45) is 0 Å². The zero-order valence-electron chi connectivity index (χ0n) is 15.1. The number of nitrogens with zero attached hydrogens (tertiary/aromatic N) is 2. The van der Waals surface area contributed by atoms with Crippen molar-refractivity contribution >= 4 is 16.9 Å². The summed E-state index contributed by atoms with van der Waals surface area (Å²) in [6, 6.07) is 12.2. The molecule has 6 heteroatoms. The van der Waals surface area contributed by atoms with Crippen LogP contribution >= 0.6 is 0 Å². The Bertz CT molecular complexity index is 1090. The standard InChI is InChI=1S/C21H19FN2O3/c1-23(2)10-11-24-18(13-6-5-7-14(22)12-13)17-19(25)15-8-3-4-9-16(15)27-20(17)21(24)26/h3-9,12,18H,10-11H2,1-2H3/t18-/m0/s1. The van der Waals surface area contributed by atoms with Crippen LogP contribution in [0.15, 0.2) is 57.7 Å². The Balaban J connectivity index is 1.94. The summed E-state index contributed by atoms with van der Waals surface area (Å²) in [4.78, 5) is 29.8. The number of fused-ring (bicyclic) bond motifs is 2. The van der Waals surface area contributed by atoms with Crippen LogP contribution in [0.1, 0.15) is 27.7 Å². The first kappa shape index (κ1) is 17.4. The molecule has 1 aromatic heterocycles. The third-order valence-electron chi connectivity index (χ3n) is 4.83. The highest BCUT2D eigenvalue weighted by Crippen LogP contribution is 2.38. The van der Waals surface area contributed by atoms with Crippen molar-refractivity contribution in [1.82, 2.24) is 9.80 Å². The van der Waals surface area contributed by atoms with Crippen LogP contribution in [0.25, 0.3) is 11.0 Å². The molecule has 0 N–H and O–H groups in total. The minimum atomic E-state index is -0.663. The van der Waals surface area contributed by atoms with Crippen molar-refractivity contribution in [3.63, 3.8) is 0 Å². The Hall–Kier alpha value is -2.99. The van der Waals surface area contributed by atoms with Crippen molar-refractivity contribution in [2.75, 3.05) is 27.2 Å². The molecule has 5 nitrogen and oxygen atoms in total. The van der Waals surface area contributed by atoms with E-state index in [0.29, 0.717) is 29.6 Å². The maximum absolute atomic E-state index is 13.9. The monoisotopic (exact) mass is 366 g/mol. The quantitative estimate of drug-likeness (QED) is 0.712. The molecule has 0 bridgehead atoms. The Morgan fingerprint density at radius 2 is 1.89 bits per heavy atom. The molecule has 4 rings (SSSR count). The highest BCUT2D eigenvalue weighted by atomic mass is 19.1. The minimum Gasteiger partial charge on any atom is -0.450 e. The minimum absolute atomic E-state index is 0.0479. The summed E-state index contributed by atoms with van der Waals surface area (Å²) in [7, 11) is 3.81. The van der Waals surface area contributed by atoms with E-state index >= 15 is 0 Å². The predicted molar refractivity (Wildman–Crippen MR) is 100 cm³/mol. The van der Waals surface area contributed by atoms with Gasteiger partial charge in [0, 0.05) is 13.1 Å². The van der Waals surface area contributed by atoms with Crippen LogP contribution in [0.2, 0.25) is 0 Å². The molecule has 3 aromatic rings. The van der Waals surface area contributed by atoms with Gasteiger partial charge in [0.05, 0.1) is 17.0 Å². The number of benzene rings is 2. The molecule has 1 aliphatic rings. The number of carbonyl (C=O) groups excluding carboxylic acids is 1. The number of halogens is 1. The molecule has 0 aliphatic carbocycles. The third kappa shape index (κ3) is 2.92. The molecule has 2 heterocycles. The van der Waals surface area contributed by atoms with Gasteiger partial charge in [0.15, 0.2) is 5.43 Å². The Morgan fingerprint density at radius 3 is 2.63 bits per heavy atom. The van der Waals surface area contributed by atoms with Crippen molar-refractivity contribution in [1.29, 1.82) is 0 Å². The van der Waals surface area contributed by atoms with Crippen LogP contribution in [0.5, 0.6) is 0 Å². The summed E-state index contributed by atoms with van der Waals surface area (Å²) in [6.45, 7) is 1.01. The van der Waals surface area contributed by atoms with Gasteiger partial charge in [-0.3, -0.25) is 9.59 Å². The molecule has 0 spiro atoms. The summed E-state index contributed by atoms with van der Waals surface area (Å²) < 4.78 is 19.7. The summed E-state index contributed by atoms with van der Waals surface area (Å²) >= 11 is 0. The fraction of sp³-hybridized carbons (Fsp3) is 0.238. The van der Waals surface area contributed by atoms with E-state index in [4.69, 9.17) is 4.42 Å². The lowest BCUT2D eigenvalue weighted by Gasteiger charge is -2.26. The molecule has 27 heavy (non-hydrogen) atoms. The molecule has 1 atom stereocenters. The average Bonchev–Trinajstić information content (AvgIpc) is 2.93. The number of likely N-dealkylation sites (N-methyl/N-ethyl adjacent to an activating group) is 1. The van der Waals surface area contributed by atoms with Crippen LogP contribution in [0.4, 0.5) is 4.39 Å².